The highest BCUT2D eigenvalue weighted by Gasteiger charge is 2.33. The number of ether oxygens (including phenoxy) is 2. The van der Waals surface area contributed by atoms with Crippen molar-refractivity contribution < 1.29 is 108 Å². The van der Waals surface area contributed by atoms with Crippen LogP contribution in [-0.4, -0.2) is 98.4 Å². The first-order valence-corrected chi connectivity index (χ1v) is 48.6. The van der Waals surface area contributed by atoms with Gasteiger partial charge in [0, 0.05) is 123 Å². The number of hydrogen-bond donors (Lipinski definition) is 6. The molecule has 0 atom stereocenters. The molecule has 0 fully saturated rings. The summed E-state index contributed by atoms with van der Waals surface area (Å²) in [5, 5.41) is 2.37. The fourth-order valence-electron chi connectivity index (χ4n) is 12.8. The van der Waals surface area contributed by atoms with E-state index in [4.69, 9.17) is 16.3 Å². The molecular formula is C92H65ClF11N13O14S6. The molecule has 0 amide bonds. The van der Waals surface area contributed by atoms with Gasteiger partial charge in [-0.2, -0.15) is 0 Å². The van der Waals surface area contributed by atoms with Gasteiger partial charge >= 0.3 is 6.36 Å². The Bertz CT molecular complexity index is 8270. The molecule has 0 saturated heterocycles. The lowest BCUT2D eigenvalue weighted by Crippen LogP contribution is -2.18. The number of anilines is 6. The van der Waals surface area contributed by atoms with Gasteiger partial charge in [-0.25, -0.2) is 85.6 Å². The van der Waals surface area contributed by atoms with Crippen LogP contribution in [0.5, 0.6) is 11.5 Å². The van der Waals surface area contributed by atoms with E-state index in [2.05, 4.69) is 63.2 Å². The molecule has 0 saturated carbocycles. The van der Waals surface area contributed by atoms with Gasteiger partial charge in [-0.15, -0.1) is 13.2 Å². The second-order valence-electron chi connectivity index (χ2n) is 28.2. The number of nitrogens with one attached hydrogen (secondary N) is 6. The van der Waals surface area contributed by atoms with E-state index >= 15 is 0 Å². The van der Waals surface area contributed by atoms with Crippen molar-refractivity contribution in [2.75, 3.05) is 34.9 Å². The van der Waals surface area contributed by atoms with Crippen LogP contribution in [0, 0.1) is 46.5 Å². The van der Waals surface area contributed by atoms with E-state index in [0.29, 0.717) is 50.6 Å². The molecule has 0 bridgehead atoms. The number of halogens is 12. The average molecular weight is 2010 g/mol. The Morgan fingerprint density at radius 2 is 0.642 bits per heavy atom. The summed E-state index contributed by atoms with van der Waals surface area (Å²) < 4.78 is 318. The Balaban J connectivity index is 0.000000139. The molecule has 0 unspecified atom stereocenters. The largest absolute Gasteiger partial charge is 0.573 e. The van der Waals surface area contributed by atoms with Crippen molar-refractivity contribution in [3.8, 4) is 11.5 Å². The standard InChI is InChI=1S/C17H16N2O3S.C16H11F3N2O3S.C15H9ClF2N2O2S.C15H9F3N2O2S.C15H10F2N2O2S.C14H10FN3O2S/c1-2-22-14-11-13-7-6-10-18-17(13)16(12-14)19-23(20,21)15-8-4-3-5-9-15;17-16(18,19)24-12-9-11-5-4-8-20-15(11)14(10-12)21-25(22,23)13-6-2-1-3-7-13;16-10-3-4-14(12(18)7-10)23(21,22)20-13-8-11(17)6-9-2-1-5-19-15(9)13;16-10-7-9-3-2-6-19-14(9)13(8-10)20-23(21,22)15-11(17)4-1-5-12(15)18;16-12-9-13(15-11(14(12)17)7-4-8-18-15)19-22(20,21)10-5-2-1-3-6-10;15-11-7-10-3-1-6-17-14(10)13(8-11)18-21(19,20)12-4-2-5-16-9-12/h3-12,19H,2H2,1H3;1-10,21H;2*1-8,20H;1-9,19H;1-9,18H. The Kier molecular flexibility index (Phi) is 30.7. The third-order valence-corrected chi connectivity index (χ3v) is 27.2. The minimum Gasteiger partial charge on any atom is -0.494 e. The highest BCUT2D eigenvalue weighted by atomic mass is 35.5. The number of aromatic nitrogens is 7. The lowest BCUT2D eigenvalue weighted by molar-refractivity contribution is -0.274. The molecule has 0 radical (unpaired) electrons. The predicted molar refractivity (Wildman–Crippen MR) is 494 cm³/mol. The van der Waals surface area contributed by atoms with Crippen LogP contribution in [-0.2, 0) is 60.1 Å². The molecule has 18 aromatic rings. The number of nitrogens with zero attached hydrogens (tertiary/aromatic N) is 7. The number of alkyl halides is 3. The van der Waals surface area contributed by atoms with E-state index in [9.17, 15) is 98.8 Å². The van der Waals surface area contributed by atoms with E-state index in [1.54, 1.807) is 103 Å². The van der Waals surface area contributed by atoms with Crippen molar-refractivity contribution in [3.63, 3.8) is 0 Å². The molecule has 7 aromatic heterocycles. The smallest absolute Gasteiger partial charge is 0.494 e. The molecule has 0 aliphatic heterocycles. The molecule has 45 heteroatoms. The van der Waals surface area contributed by atoms with Crippen molar-refractivity contribution >= 4 is 171 Å². The molecule has 0 aliphatic carbocycles. The number of pyridine rings is 7. The van der Waals surface area contributed by atoms with Gasteiger partial charge in [0.15, 0.2) is 16.5 Å². The van der Waals surface area contributed by atoms with Crippen LogP contribution in [0.25, 0.3) is 65.4 Å². The third kappa shape index (κ3) is 25.2. The molecule has 7 heterocycles. The molecule has 0 spiro atoms. The van der Waals surface area contributed by atoms with Gasteiger partial charge in [-0.05, 0) is 159 Å². The van der Waals surface area contributed by atoms with Crippen LogP contribution in [0.1, 0.15) is 6.92 Å². The van der Waals surface area contributed by atoms with Gasteiger partial charge in [0.1, 0.15) is 56.2 Å². The Morgan fingerprint density at radius 3 is 1.03 bits per heavy atom. The Morgan fingerprint density at radius 1 is 0.307 bits per heavy atom. The molecule has 6 N–H and O–H groups in total. The van der Waals surface area contributed by atoms with E-state index in [1.165, 1.54) is 147 Å². The summed E-state index contributed by atoms with van der Waals surface area (Å²) in [6.45, 7) is 2.37. The number of fused-ring (bicyclic) bond motifs is 6. The summed E-state index contributed by atoms with van der Waals surface area (Å²) in [5.74, 6) is -7.54. The molecule has 27 nitrogen and oxygen atoms in total. The average Bonchev–Trinajstić information content (AvgIpc) is 0.779. The zero-order chi connectivity index (χ0) is 98.2. The zero-order valence-electron chi connectivity index (χ0n) is 69.7. The maximum atomic E-state index is 13.8. The fraction of sp³-hybridized carbons (Fsp3) is 0.0326. The summed E-state index contributed by atoms with van der Waals surface area (Å²) >= 11 is 5.61. The number of benzene rings is 11. The summed E-state index contributed by atoms with van der Waals surface area (Å²) in [6, 6.07) is 64.2. The van der Waals surface area contributed by atoms with Crippen molar-refractivity contribution in [2.24, 2.45) is 0 Å². The van der Waals surface area contributed by atoms with Gasteiger partial charge in [-0.1, -0.05) is 103 Å². The Hall–Kier alpha value is -15.4. The highest BCUT2D eigenvalue weighted by molar-refractivity contribution is 7.94. The molecule has 18 rings (SSSR count). The maximum Gasteiger partial charge on any atom is 0.573 e. The van der Waals surface area contributed by atoms with Crippen molar-refractivity contribution in [1.82, 2.24) is 34.9 Å². The third-order valence-electron chi connectivity index (χ3n) is 18.6. The monoisotopic (exact) mass is 2010 g/mol. The molecule has 11 aromatic carbocycles. The van der Waals surface area contributed by atoms with Crippen molar-refractivity contribution in [2.45, 2.75) is 42.7 Å². The summed E-state index contributed by atoms with van der Waals surface area (Å²) in [5.41, 5.74) is 1.61. The predicted octanol–water partition coefficient (Wildman–Crippen LogP) is 20.7. The molecule has 0 aliphatic rings. The Labute approximate surface area is 778 Å². The first-order chi connectivity index (χ1) is 65.1. The normalized spacial score (nSPS) is 11.6. The number of rotatable bonds is 21. The van der Waals surface area contributed by atoms with Crippen LogP contribution in [0.2, 0.25) is 5.02 Å². The van der Waals surface area contributed by atoms with Crippen LogP contribution in [0.3, 0.4) is 0 Å². The maximum absolute atomic E-state index is 13.8. The zero-order valence-corrected chi connectivity index (χ0v) is 75.4. The number of hydrogen-bond acceptors (Lipinski definition) is 21. The van der Waals surface area contributed by atoms with Crippen LogP contribution < -0.4 is 37.8 Å². The quantitative estimate of drug-likeness (QED) is 0.0364. The second-order valence-corrected chi connectivity index (χ2v) is 38.6. The van der Waals surface area contributed by atoms with Crippen LogP contribution in [0.4, 0.5) is 82.4 Å². The minimum atomic E-state index is -4.90. The van der Waals surface area contributed by atoms with E-state index in [1.807, 2.05) is 23.8 Å². The SMILES string of the molecule is CCOc1cc(NS(=O)(=O)c2ccccc2)c2ncccc2c1.O=S(=O)(Nc1cc(F)c(F)c2cccnc12)c1ccccc1.O=S(=O)(Nc1cc(F)cc2cccnc12)c1c(F)cccc1F.O=S(=O)(Nc1cc(F)cc2cccnc12)c1ccc(Cl)cc1F.O=S(=O)(Nc1cc(F)cc2cccnc12)c1cccnc1.O=S(=O)(Nc1cc(OC(F)(F)F)cc2cccnc12)c1ccccc1. The van der Waals surface area contributed by atoms with Gasteiger partial charge < -0.3 is 9.47 Å². The lowest BCUT2D eigenvalue weighted by atomic mass is 10.2. The van der Waals surface area contributed by atoms with Gasteiger partial charge in [0.2, 0.25) is 0 Å². The van der Waals surface area contributed by atoms with Gasteiger partial charge in [0.25, 0.3) is 60.1 Å². The summed E-state index contributed by atoms with van der Waals surface area (Å²) in [7, 11) is -24.3. The number of sulfonamides is 6. The molecular weight excluding hydrogens is 1950 g/mol. The van der Waals surface area contributed by atoms with Crippen molar-refractivity contribution in [3.05, 3.63) is 380 Å². The van der Waals surface area contributed by atoms with E-state index < -0.39 is 129 Å². The topological polar surface area (TPSA) is 386 Å². The van der Waals surface area contributed by atoms with Crippen LogP contribution in [0.15, 0.2) is 358 Å². The second kappa shape index (κ2) is 42.5. The summed E-state index contributed by atoms with van der Waals surface area (Å²) in [4.78, 5) is 26.6. The fourth-order valence-corrected chi connectivity index (χ4v) is 19.6. The molecule has 702 valence electrons. The van der Waals surface area contributed by atoms with Gasteiger partial charge in [0.05, 0.1) is 88.5 Å². The lowest BCUT2D eigenvalue weighted by Gasteiger charge is -2.14. The van der Waals surface area contributed by atoms with Crippen LogP contribution >= 0.6 is 11.6 Å². The first-order valence-electron chi connectivity index (χ1n) is 39.3. The molecule has 137 heavy (non-hydrogen) atoms. The highest BCUT2D eigenvalue weighted by Crippen LogP contribution is 2.37. The minimum absolute atomic E-state index is 0.00153. The first kappa shape index (κ1) is 99.1. The van der Waals surface area contributed by atoms with E-state index in [0.717, 1.165) is 72.1 Å². The van der Waals surface area contributed by atoms with Gasteiger partial charge in [-0.3, -0.25) is 63.2 Å². The van der Waals surface area contributed by atoms with E-state index in [-0.39, 0.29) is 80.5 Å². The summed E-state index contributed by atoms with van der Waals surface area (Å²) in [6.07, 6.45) is 6.56. The van der Waals surface area contributed by atoms with Crippen molar-refractivity contribution in [1.29, 1.82) is 0 Å².